The molecule has 1 unspecified atom stereocenters. The van der Waals surface area contributed by atoms with Crippen molar-refractivity contribution in [2.24, 2.45) is 7.05 Å². The zero-order valence-corrected chi connectivity index (χ0v) is 11.6. The molecular weight excluding hydrogens is 240 g/mol. The van der Waals surface area contributed by atoms with Gasteiger partial charge in [0.1, 0.15) is 5.75 Å². The Bertz CT molecular complexity index is 524. The van der Waals surface area contributed by atoms with Gasteiger partial charge < -0.3 is 10.1 Å². The van der Waals surface area contributed by atoms with E-state index in [1.807, 2.05) is 38.5 Å². The Balaban J connectivity index is 2.30. The standard InChI is InChI=1S/C14H20N4O/c1-4-16-14(13-6-7-18(3)17-13)11-8-12(19-5-2)10-15-9-11/h6-10,14,16H,4-5H2,1-3H3. The maximum Gasteiger partial charge on any atom is 0.137 e. The molecular formula is C14H20N4O. The van der Waals surface area contributed by atoms with Crippen LogP contribution in [0, 0.1) is 0 Å². The molecule has 0 radical (unpaired) electrons. The van der Waals surface area contributed by atoms with E-state index in [9.17, 15) is 0 Å². The molecule has 0 amide bonds. The number of pyridine rings is 1. The predicted octanol–water partition coefficient (Wildman–Crippen LogP) is 1.91. The van der Waals surface area contributed by atoms with Crippen LogP contribution in [-0.2, 0) is 7.05 Å². The number of nitrogens with zero attached hydrogens (tertiary/aromatic N) is 3. The van der Waals surface area contributed by atoms with Crippen LogP contribution in [0.4, 0.5) is 0 Å². The lowest BCUT2D eigenvalue weighted by Gasteiger charge is -2.16. The molecule has 0 bridgehead atoms. The summed E-state index contributed by atoms with van der Waals surface area (Å²) in [4.78, 5) is 4.24. The van der Waals surface area contributed by atoms with Gasteiger partial charge in [0.25, 0.3) is 0 Å². The molecule has 5 nitrogen and oxygen atoms in total. The van der Waals surface area contributed by atoms with Crippen LogP contribution in [0.5, 0.6) is 5.75 Å². The summed E-state index contributed by atoms with van der Waals surface area (Å²) in [6.45, 7) is 5.55. The fourth-order valence-corrected chi connectivity index (χ4v) is 2.02. The summed E-state index contributed by atoms with van der Waals surface area (Å²) < 4.78 is 7.31. The molecule has 19 heavy (non-hydrogen) atoms. The van der Waals surface area contributed by atoms with Crippen molar-refractivity contribution in [1.29, 1.82) is 0 Å². The Labute approximate surface area is 113 Å². The quantitative estimate of drug-likeness (QED) is 0.862. The van der Waals surface area contributed by atoms with Crippen LogP contribution in [0.15, 0.2) is 30.7 Å². The number of rotatable bonds is 6. The molecule has 0 fully saturated rings. The largest absolute Gasteiger partial charge is 0.492 e. The van der Waals surface area contributed by atoms with Crippen molar-refractivity contribution in [2.45, 2.75) is 19.9 Å². The van der Waals surface area contributed by atoms with Gasteiger partial charge in [-0.05, 0) is 31.2 Å². The molecule has 2 rings (SSSR count). The Morgan fingerprint density at radius 3 is 2.84 bits per heavy atom. The lowest BCUT2D eigenvalue weighted by molar-refractivity contribution is 0.338. The number of aromatic nitrogens is 3. The SMILES string of the molecule is CCNC(c1cncc(OCC)c1)c1ccn(C)n1. The van der Waals surface area contributed by atoms with E-state index >= 15 is 0 Å². The number of ether oxygens (including phenoxy) is 1. The molecule has 0 saturated carbocycles. The Morgan fingerprint density at radius 1 is 1.37 bits per heavy atom. The highest BCUT2D eigenvalue weighted by Crippen LogP contribution is 2.23. The summed E-state index contributed by atoms with van der Waals surface area (Å²) in [5, 5.41) is 7.89. The third-order valence-electron chi connectivity index (χ3n) is 2.82. The fourth-order valence-electron chi connectivity index (χ4n) is 2.02. The van der Waals surface area contributed by atoms with Gasteiger partial charge in [0, 0.05) is 19.4 Å². The summed E-state index contributed by atoms with van der Waals surface area (Å²) in [5.41, 5.74) is 2.05. The average molecular weight is 260 g/mol. The van der Waals surface area contributed by atoms with E-state index in [1.54, 1.807) is 10.9 Å². The highest BCUT2D eigenvalue weighted by molar-refractivity contribution is 5.31. The molecule has 102 valence electrons. The van der Waals surface area contributed by atoms with Crippen molar-refractivity contribution < 1.29 is 4.74 Å². The second-order valence-electron chi connectivity index (χ2n) is 4.29. The normalized spacial score (nSPS) is 12.4. The first-order valence-corrected chi connectivity index (χ1v) is 6.55. The van der Waals surface area contributed by atoms with Crippen LogP contribution >= 0.6 is 0 Å². The maximum atomic E-state index is 5.50. The lowest BCUT2D eigenvalue weighted by atomic mass is 10.1. The number of hydrogen-bond acceptors (Lipinski definition) is 4. The third kappa shape index (κ3) is 3.32. The van der Waals surface area contributed by atoms with E-state index in [-0.39, 0.29) is 6.04 Å². The first-order valence-electron chi connectivity index (χ1n) is 6.55. The highest BCUT2D eigenvalue weighted by atomic mass is 16.5. The van der Waals surface area contributed by atoms with E-state index in [0.29, 0.717) is 6.61 Å². The van der Waals surface area contributed by atoms with Gasteiger partial charge >= 0.3 is 0 Å². The molecule has 0 spiro atoms. The van der Waals surface area contributed by atoms with Crippen LogP contribution < -0.4 is 10.1 Å². The Morgan fingerprint density at radius 2 is 2.21 bits per heavy atom. The van der Waals surface area contributed by atoms with Crippen LogP contribution in [0.3, 0.4) is 0 Å². The first-order chi connectivity index (χ1) is 9.24. The topological polar surface area (TPSA) is 52.0 Å². The minimum atomic E-state index is 0.0408. The monoisotopic (exact) mass is 260 g/mol. The Kier molecular flexibility index (Phi) is 4.52. The molecule has 1 N–H and O–H groups in total. The van der Waals surface area contributed by atoms with Gasteiger partial charge in [0.15, 0.2) is 0 Å². The smallest absolute Gasteiger partial charge is 0.137 e. The zero-order chi connectivity index (χ0) is 13.7. The third-order valence-corrected chi connectivity index (χ3v) is 2.82. The molecule has 0 aliphatic carbocycles. The molecule has 0 aliphatic heterocycles. The van der Waals surface area contributed by atoms with E-state index in [4.69, 9.17) is 4.74 Å². The second kappa shape index (κ2) is 6.33. The molecule has 2 aromatic rings. The van der Waals surface area contributed by atoms with Gasteiger partial charge in [-0.25, -0.2) is 0 Å². The summed E-state index contributed by atoms with van der Waals surface area (Å²) in [6, 6.07) is 4.07. The minimum Gasteiger partial charge on any atom is -0.492 e. The van der Waals surface area contributed by atoms with Crippen LogP contribution in [0.25, 0.3) is 0 Å². The number of aryl methyl sites for hydroxylation is 1. The van der Waals surface area contributed by atoms with E-state index in [2.05, 4.69) is 22.3 Å². The fraction of sp³-hybridized carbons (Fsp3) is 0.429. The number of hydrogen-bond donors (Lipinski definition) is 1. The van der Waals surface area contributed by atoms with Crippen molar-refractivity contribution in [1.82, 2.24) is 20.1 Å². The van der Waals surface area contributed by atoms with Crippen LogP contribution in [0.1, 0.15) is 31.1 Å². The van der Waals surface area contributed by atoms with E-state index in [0.717, 1.165) is 23.6 Å². The van der Waals surface area contributed by atoms with Crippen molar-refractivity contribution in [3.05, 3.63) is 42.0 Å². The lowest BCUT2D eigenvalue weighted by Crippen LogP contribution is -2.22. The van der Waals surface area contributed by atoms with Crippen molar-refractivity contribution in [3.63, 3.8) is 0 Å². The first kappa shape index (κ1) is 13.5. The maximum absolute atomic E-state index is 5.50. The van der Waals surface area contributed by atoms with Crippen molar-refractivity contribution in [2.75, 3.05) is 13.2 Å². The summed E-state index contributed by atoms with van der Waals surface area (Å²) in [5.74, 6) is 0.791. The van der Waals surface area contributed by atoms with E-state index < -0.39 is 0 Å². The van der Waals surface area contributed by atoms with Gasteiger partial charge in [-0.1, -0.05) is 6.92 Å². The zero-order valence-electron chi connectivity index (χ0n) is 11.6. The summed E-state index contributed by atoms with van der Waals surface area (Å²) in [7, 11) is 1.92. The van der Waals surface area contributed by atoms with E-state index in [1.165, 1.54) is 0 Å². The Hall–Kier alpha value is -1.88. The molecule has 5 heteroatoms. The van der Waals surface area contributed by atoms with Crippen LogP contribution in [-0.4, -0.2) is 27.9 Å². The molecule has 2 aromatic heterocycles. The summed E-state index contributed by atoms with van der Waals surface area (Å²) >= 11 is 0. The van der Waals surface area contributed by atoms with Gasteiger partial charge in [0.05, 0.1) is 24.5 Å². The molecule has 0 aromatic carbocycles. The predicted molar refractivity (Wildman–Crippen MR) is 74.1 cm³/mol. The summed E-state index contributed by atoms with van der Waals surface area (Å²) in [6.07, 6.45) is 5.53. The van der Waals surface area contributed by atoms with Gasteiger partial charge in [0.2, 0.25) is 0 Å². The minimum absolute atomic E-state index is 0.0408. The van der Waals surface area contributed by atoms with Crippen molar-refractivity contribution >= 4 is 0 Å². The van der Waals surface area contributed by atoms with Gasteiger partial charge in [-0.15, -0.1) is 0 Å². The number of nitrogens with one attached hydrogen (secondary N) is 1. The highest BCUT2D eigenvalue weighted by Gasteiger charge is 2.16. The average Bonchev–Trinajstić information content (AvgIpc) is 2.83. The second-order valence-corrected chi connectivity index (χ2v) is 4.29. The van der Waals surface area contributed by atoms with Gasteiger partial charge in [-0.3, -0.25) is 9.67 Å². The molecule has 1 atom stereocenters. The molecule has 0 aliphatic rings. The molecule has 0 saturated heterocycles. The van der Waals surface area contributed by atoms with Crippen LogP contribution in [0.2, 0.25) is 0 Å². The van der Waals surface area contributed by atoms with Crippen molar-refractivity contribution in [3.8, 4) is 5.75 Å². The van der Waals surface area contributed by atoms with Gasteiger partial charge in [-0.2, -0.15) is 5.10 Å². The molecule has 2 heterocycles.